The maximum atomic E-state index is 13.1. The van der Waals surface area contributed by atoms with E-state index in [4.69, 9.17) is 9.15 Å². The number of nitrogens with one attached hydrogen (secondary N) is 1. The molecule has 5 nitrogen and oxygen atoms in total. The van der Waals surface area contributed by atoms with E-state index in [2.05, 4.69) is 40.7 Å². The lowest BCUT2D eigenvalue weighted by molar-refractivity contribution is 0.0206. The molecule has 5 rings (SSSR count). The minimum atomic E-state index is -0.151. The average Bonchev–Trinajstić information content (AvgIpc) is 3.23. The number of benzene rings is 3. The molecule has 1 aliphatic heterocycles. The summed E-state index contributed by atoms with van der Waals surface area (Å²) in [5.41, 5.74) is 3.23. The van der Waals surface area contributed by atoms with Crippen LogP contribution in [0.5, 0.6) is 0 Å². The van der Waals surface area contributed by atoms with Crippen LogP contribution in [0.15, 0.2) is 88.2 Å². The normalized spacial score (nSPS) is 15.4. The Morgan fingerprint density at radius 2 is 1.64 bits per heavy atom. The maximum Gasteiger partial charge on any atom is 0.255 e. The van der Waals surface area contributed by atoms with E-state index in [1.165, 1.54) is 4.90 Å². The number of thioether (sulfide) groups is 1. The molecule has 168 valence electrons. The van der Waals surface area contributed by atoms with Crippen LogP contribution in [0.3, 0.4) is 0 Å². The predicted molar refractivity (Wildman–Crippen MR) is 133 cm³/mol. The molecule has 1 fully saturated rings. The number of carbonyl (C=O) groups is 1. The third-order valence-corrected chi connectivity index (χ3v) is 6.73. The van der Waals surface area contributed by atoms with Crippen LogP contribution in [0.2, 0.25) is 0 Å². The Bertz CT molecular complexity index is 1230. The van der Waals surface area contributed by atoms with Crippen molar-refractivity contribution in [3.8, 4) is 0 Å². The van der Waals surface area contributed by atoms with Gasteiger partial charge in [-0.05, 0) is 48.2 Å². The number of para-hydroxylation sites is 1. The van der Waals surface area contributed by atoms with Crippen LogP contribution >= 0.6 is 11.8 Å². The topological polar surface area (TPSA) is 54.7 Å². The van der Waals surface area contributed by atoms with Gasteiger partial charge in [-0.15, -0.1) is 11.8 Å². The van der Waals surface area contributed by atoms with E-state index in [0.29, 0.717) is 18.8 Å². The number of carbonyl (C=O) groups excluding carboxylic acids is 1. The molecule has 1 amide bonds. The van der Waals surface area contributed by atoms with Crippen molar-refractivity contribution in [2.75, 3.05) is 37.9 Å². The van der Waals surface area contributed by atoms with Crippen LogP contribution < -0.4 is 5.32 Å². The van der Waals surface area contributed by atoms with E-state index < -0.39 is 0 Å². The number of ether oxygens (including phenoxy) is 1. The van der Waals surface area contributed by atoms with E-state index in [0.717, 1.165) is 41.1 Å². The SMILES string of the molecule is CSc1ccc(C(c2oc3ccccc3c2NC(=O)c2ccccc2)N2CCOCC2)cc1. The van der Waals surface area contributed by atoms with Crippen molar-refractivity contribution in [1.29, 1.82) is 0 Å². The summed E-state index contributed by atoms with van der Waals surface area (Å²) in [4.78, 5) is 16.7. The number of hydrogen-bond acceptors (Lipinski definition) is 5. The molecule has 6 heteroatoms. The molecule has 1 N–H and O–H groups in total. The summed E-state index contributed by atoms with van der Waals surface area (Å²) >= 11 is 1.72. The lowest BCUT2D eigenvalue weighted by Crippen LogP contribution is -2.39. The maximum absolute atomic E-state index is 13.1. The van der Waals surface area contributed by atoms with Gasteiger partial charge in [0.05, 0.1) is 24.9 Å². The fourth-order valence-electron chi connectivity index (χ4n) is 4.31. The number of rotatable bonds is 6. The first kappa shape index (κ1) is 21.8. The molecule has 2 heterocycles. The van der Waals surface area contributed by atoms with Gasteiger partial charge in [0.25, 0.3) is 5.91 Å². The summed E-state index contributed by atoms with van der Waals surface area (Å²) in [5, 5.41) is 4.07. The molecule has 3 aromatic carbocycles. The Hall–Kier alpha value is -3.06. The highest BCUT2D eigenvalue weighted by Crippen LogP contribution is 2.41. The van der Waals surface area contributed by atoms with Crippen LogP contribution in [0, 0.1) is 0 Å². The van der Waals surface area contributed by atoms with E-state index in [1.54, 1.807) is 11.8 Å². The second-order valence-corrected chi connectivity index (χ2v) is 8.86. The van der Waals surface area contributed by atoms with E-state index >= 15 is 0 Å². The molecule has 1 aromatic heterocycles. The van der Waals surface area contributed by atoms with E-state index in [9.17, 15) is 4.79 Å². The summed E-state index contributed by atoms with van der Waals surface area (Å²) in [6.45, 7) is 2.92. The standard InChI is InChI=1S/C27H26N2O3S/c1-33-21-13-11-19(12-14-21)25(29-15-17-31-18-16-29)26-24(22-9-5-6-10-23(22)32-26)28-27(30)20-7-3-2-4-8-20/h2-14,25H,15-18H2,1H3,(H,28,30). The van der Waals surface area contributed by atoms with Gasteiger partial charge in [0, 0.05) is 28.9 Å². The minimum absolute atomic E-state index is 0.136. The Labute approximate surface area is 197 Å². The number of nitrogens with zero attached hydrogens (tertiary/aromatic N) is 1. The van der Waals surface area contributed by atoms with E-state index in [-0.39, 0.29) is 11.9 Å². The van der Waals surface area contributed by atoms with Gasteiger partial charge in [0.1, 0.15) is 11.3 Å². The first-order valence-electron chi connectivity index (χ1n) is 11.1. The highest BCUT2D eigenvalue weighted by atomic mass is 32.2. The molecule has 33 heavy (non-hydrogen) atoms. The lowest BCUT2D eigenvalue weighted by Gasteiger charge is -2.34. The van der Waals surface area contributed by atoms with Crippen molar-refractivity contribution in [3.05, 3.63) is 95.7 Å². The third kappa shape index (κ3) is 4.55. The number of hydrogen-bond donors (Lipinski definition) is 1. The summed E-state index contributed by atoms with van der Waals surface area (Å²) in [6, 6.07) is 25.6. The molecule has 4 aromatic rings. The first-order chi connectivity index (χ1) is 16.2. The number of furan rings is 1. The molecule has 1 atom stereocenters. The quantitative estimate of drug-likeness (QED) is 0.369. The molecule has 1 saturated heterocycles. The highest BCUT2D eigenvalue weighted by molar-refractivity contribution is 7.98. The van der Waals surface area contributed by atoms with Crippen molar-refractivity contribution in [1.82, 2.24) is 4.90 Å². The first-order valence-corrected chi connectivity index (χ1v) is 12.3. The summed E-state index contributed by atoms with van der Waals surface area (Å²) in [5.74, 6) is 0.598. The largest absolute Gasteiger partial charge is 0.457 e. The van der Waals surface area contributed by atoms with Gasteiger partial charge >= 0.3 is 0 Å². The van der Waals surface area contributed by atoms with Crippen molar-refractivity contribution in [2.45, 2.75) is 10.9 Å². The number of amides is 1. The summed E-state index contributed by atoms with van der Waals surface area (Å²) in [6.07, 6.45) is 2.07. The molecular weight excluding hydrogens is 432 g/mol. The zero-order valence-electron chi connectivity index (χ0n) is 18.5. The second kappa shape index (κ2) is 9.83. The molecule has 1 aliphatic rings. The summed E-state index contributed by atoms with van der Waals surface area (Å²) < 4.78 is 12.1. The Kier molecular flexibility index (Phi) is 6.48. The second-order valence-electron chi connectivity index (χ2n) is 7.98. The fraction of sp³-hybridized carbons (Fsp3) is 0.222. The van der Waals surface area contributed by atoms with Crippen LogP contribution in [0.1, 0.15) is 27.7 Å². The highest BCUT2D eigenvalue weighted by Gasteiger charge is 2.31. The average molecular weight is 459 g/mol. The molecule has 0 saturated carbocycles. The third-order valence-electron chi connectivity index (χ3n) is 5.99. The zero-order valence-corrected chi connectivity index (χ0v) is 19.3. The van der Waals surface area contributed by atoms with Gasteiger partial charge in [-0.25, -0.2) is 0 Å². The zero-order chi connectivity index (χ0) is 22.6. The Morgan fingerprint density at radius 1 is 0.939 bits per heavy atom. The van der Waals surface area contributed by atoms with Gasteiger partial charge in [0.15, 0.2) is 0 Å². The van der Waals surface area contributed by atoms with Gasteiger partial charge < -0.3 is 14.5 Å². The molecule has 1 unspecified atom stereocenters. The lowest BCUT2D eigenvalue weighted by atomic mass is 10.00. The molecule has 0 radical (unpaired) electrons. The molecule has 0 spiro atoms. The van der Waals surface area contributed by atoms with Gasteiger partial charge in [-0.2, -0.15) is 0 Å². The minimum Gasteiger partial charge on any atom is -0.457 e. The molecule has 0 bridgehead atoms. The van der Waals surface area contributed by atoms with Crippen molar-refractivity contribution in [2.24, 2.45) is 0 Å². The fourth-order valence-corrected chi connectivity index (χ4v) is 4.72. The van der Waals surface area contributed by atoms with Crippen LogP contribution in [-0.2, 0) is 4.74 Å². The molecule has 0 aliphatic carbocycles. The number of anilines is 1. The predicted octanol–water partition coefficient (Wildman–Crippen LogP) is 5.83. The smallest absolute Gasteiger partial charge is 0.255 e. The van der Waals surface area contributed by atoms with Gasteiger partial charge in [-0.1, -0.05) is 42.5 Å². The van der Waals surface area contributed by atoms with Crippen LogP contribution in [0.25, 0.3) is 11.0 Å². The van der Waals surface area contributed by atoms with Gasteiger partial charge in [0.2, 0.25) is 0 Å². The monoisotopic (exact) mass is 458 g/mol. The van der Waals surface area contributed by atoms with Crippen molar-refractivity contribution < 1.29 is 13.9 Å². The van der Waals surface area contributed by atoms with E-state index in [1.807, 2.05) is 54.6 Å². The van der Waals surface area contributed by atoms with Gasteiger partial charge in [-0.3, -0.25) is 9.69 Å². The Morgan fingerprint density at radius 3 is 2.36 bits per heavy atom. The Balaban J connectivity index is 1.62. The molecular formula is C27H26N2O3S. The van der Waals surface area contributed by atoms with Crippen LogP contribution in [-0.4, -0.2) is 43.4 Å². The van der Waals surface area contributed by atoms with Crippen LogP contribution in [0.4, 0.5) is 5.69 Å². The summed E-state index contributed by atoms with van der Waals surface area (Å²) in [7, 11) is 0. The number of morpholine rings is 1. The number of fused-ring (bicyclic) bond motifs is 1. The van der Waals surface area contributed by atoms with Crippen molar-refractivity contribution in [3.63, 3.8) is 0 Å². The van der Waals surface area contributed by atoms with Crippen molar-refractivity contribution >= 4 is 34.3 Å².